The Morgan fingerprint density at radius 2 is 1.24 bits per heavy atom. The molecule has 24 nitrogen and oxygen atoms in total. The van der Waals surface area contributed by atoms with Crippen molar-refractivity contribution in [2.75, 3.05) is 68.0 Å². The maximum Gasteiger partial charge on any atom is 0.393 e. The number of rotatable bonds is 16. The van der Waals surface area contributed by atoms with Crippen molar-refractivity contribution >= 4 is 82.5 Å². The van der Waals surface area contributed by atoms with Gasteiger partial charge in [-0.2, -0.15) is 13.2 Å². The first-order chi connectivity index (χ1) is 47.7. The molecule has 5 rings (SSSR count). The van der Waals surface area contributed by atoms with Crippen LogP contribution in [0.15, 0.2) is 0 Å². The molecule has 102 heavy (non-hydrogen) atoms. The lowest BCUT2D eigenvalue weighted by molar-refractivity contribution is -0.182. The lowest BCUT2D eigenvalue weighted by Gasteiger charge is -2.46. The van der Waals surface area contributed by atoms with Crippen molar-refractivity contribution in [1.29, 1.82) is 0 Å². The highest BCUT2D eigenvalue weighted by atomic mass is 35.5. The van der Waals surface area contributed by atoms with Crippen molar-refractivity contribution in [3.63, 3.8) is 0 Å². The summed E-state index contributed by atoms with van der Waals surface area (Å²) in [7, 11) is 7.05. The fourth-order valence-corrected chi connectivity index (χ4v) is 15.5. The number of fused-ring (bicyclic) bond motifs is 1. The maximum atomic E-state index is 15.2. The largest absolute Gasteiger partial charge is 0.393 e. The summed E-state index contributed by atoms with van der Waals surface area (Å²) >= 11 is 6.40. The average molecular weight is 1470 g/mol. The highest BCUT2D eigenvalue weighted by molar-refractivity contribution is 6.21. The highest BCUT2D eigenvalue weighted by Gasteiger charge is 2.50. The third kappa shape index (κ3) is 22.6. The molecule has 0 aromatic heterocycles. The monoisotopic (exact) mass is 1460 g/mol. The van der Waals surface area contributed by atoms with E-state index in [2.05, 4.69) is 28.2 Å². The molecule has 5 aliphatic rings. The topological polar surface area (TPSA) is 279 Å². The molecule has 3 saturated heterocycles. The summed E-state index contributed by atoms with van der Waals surface area (Å²) in [5.41, 5.74) is -1.75. The van der Waals surface area contributed by atoms with Crippen molar-refractivity contribution in [2.24, 2.45) is 41.4 Å². The van der Waals surface area contributed by atoms with Crippen LogP contribution in [-0.4, -0.2) is 250 Å². The molecule has 3 heterocycles. The molecule has 0 aromatic rings. The standard InChI is InChI=1S/C74H124ClF3N12O12/c1-18-21-25-54-67(97)87(17)73(11,12)72(102)81-55(38-44(4)5)66(96)86(16)58(69(99)88-35-23-22-24-36-88)42-61(92)85(15)57(39-45(6)7)64(94)82-62(47(9)19-2)71(101)84(14)48(10)65(95)90-37-34-56(90)70(100)89(20-3)59(41-50-28-26-46(8)27-29-50)68(98)83(13)43-60(91)79-53(63(93)80-54)33-31-49-30-32-51(52(75)40-49)74(76,77)78/h44-59,62H,18-43H2,1-17H3,(H,79,91)(H,80,93)(H,81,102)(H,82,94)/t46?,47-,48-,49?,50?,51?,52?,53-,54-,55-,56-,57-,58-,59-,62-/m0/s1. The third-order valence-electron chi connectivity index (χ3n) is 22.7. The molecule has 580 valence electrons. The van der Waals surface area contributed by atoms with Gasteiger partial charge in [-0.05, 0) is 147 Å². The van der Waals surface area contributed by atoms with Gasteiger partial charge in [0.25, 0.3) is 0 Å². The molecule has 28 heteroatoms. The number of amides is 12. The minimum absolute atomic E-state index is 0.0129. The predicted molar refractivity (Wildman–Crippen MR) is 383 cm³/mol. The Labute approximate surface area is 609 Å². The first-order valence-corrected chi connectivity index (χ1v) is 38.3. The molecule has 0 aromatic carbocycles. The smallest absolute Gasteiger partial charge is 0.343 e. The first-order valence-electron chi connectivity index (χ1n) is 37.8. The molecule has 0 radical (unpaired) electrons. The van der Waals surface area contributed by atoms with Gasteiger partial charge in [0, 0.05) is 66.8 Å². The van der Waals surface area contributed by atoms with Crippen molar-refractivity contribution in [3.8, 4) is 0 Å². The van der Waals surface area contributed by atoms with Crippen LogP contribution in [0.1, 0.15) is 218 Å². The number of unbranched alkanes of at least 4 members (excludes halogenated alkanes) is 1. The molecule has 2 aliphatic carbocycles. The number of carbonyl (C=O) groups is 12. The summed E-state index contributed by atoms with van der Waals surface area (Å²) in [4.78, 5) is 190. The Balaban J connectivity index is 1.63. The lowest BCUT2D eigenvalue weighted by Crippen LogP contribution is -2.65. The number of piperidine rings is 1. The average Bonchev–Trinajstić information content (AvgIpc) is 0.783. The van der Waals surface area contributed by atoms with Crippen LogP contribution >= 0.6 is 11.6 Å². The first kappa shape index (κ1) is 86.4. The van der Waals surface area contributed by atoms with Crippen LogP contribution in [0, 0.1) is 41.4 Å². The van der Waals surface area contributed by atoms with Crippen molar-refractivity contribution in [2.45, 2.75) is 289 Å². The lowest BCUT2D eigenvalue weighted by atomic mass is 9.78. The minimum Gasteiger partial charge on any atom is -0.343 e. The summed E-state index contributed by atoms with van der Waals surface area (Å²) in [6, 6.07) is -11.2. The SMILES string of the molecule is CCCC[C@@H]1NC(=O)[C@H](CCC2CCC(C(F)(F)F)C(Cl)C2)NC(=O)CN(C)C(=O)[C@H](CC2CCC(C)CC2)N(CC)C(=O)[C@@H]2CCN2C(=O)[C@H](C)N(C)C(=O)[C@H]([C@@H](C)CC)NC(=O)[C@H](CC(C)C)N(C)C(=O)C[C@@H](C(=O)N2CCCCC2)N(C)C(=O)[C@H](CC(C)C)NC(=O)C(C)(C)N(C)C1=O. The fourth-order valence-electron chi connectivity index (χ4n) is 15.0. The minimum atomic E-state index is -4.52. The van der Waals surface area contributed by atoms with E-state index >= 15 is 19.2 Å². The molecule has 5 fully saturated rings. The van der Waals surface area contributed by atoms with Gasteiger partial charge in [0.2, 0.25) is 70.9 Å². The number of likely N-dealkylation sites (N-methyl/N-ethyl adjacent to an activating group) is 6. The van der Waals surface area contributed by atoms with E-state index in [9.17, 15) is 51.5 Å². The Hall–Kier alpha value is -6.28. The summed E-state index contributed by atoms with van der Waals surface area (Å²) in [6.45, 7) is 21.5. The number of likely N-dealkylation sites (tertiary alicyclic amines) is 1. The second-order valence-corrected chi connectivity index (χ2v) is 32.2. The van der Waals surface area contributed by atoms with E-state index in [1.54, 1.807) is 18.7 Å². The van der Waals surface area contributed by atoms with E-state index in [0.717, 1.165) is 41.9 Å². The molecule has 3 unspecified atom stereocenters. The zero-order valence-electron chi connectivity index (χ0n) is 64.2. The fraction of sp³-hybridized carbons (Fsp3) is 0.838. The van der Waals surface area contributed by atoms with Gasteiger partial charge in [-0.1, -0.05) is 100 Å². The van der Waals surface area contributed by atoms with E-state index in [1.165, 1.54) is 80.5 Å². The molecular weight excluding hydrogens is 1340 g/mol. The van der Waals surface area contributed by atoms with Gasteiger partial charge < -0.3 is 60.5 Å². The molecule has 0 spiro atoms. The van der Waals surface area contributed by atoms with Gasteiger partial charge in [-0.3, -0.25) is 57.5 Å². The van der Waals surface area contributed by atoms with Gasteiger partial charge in [-0.25, -0.2) is 0 Å². The van der Waals surface area contributed by atoms with Crippen LogP contribution in [0.5, 0.6) is 0 Å². The molecular formula is C74H124ClF3N12O12. The van der Waals surface area contributed by atoms with Crippen LogP contribution in [0.3, 0.4) is 0 Å². The zero-order valence-corrected chi connectivity index (χ0v) is 64.9. The predicted octanol–water partition coefficient (Wildman–Crippen LogP) is 7.27. The van der Waals surface area contributed by atoms with E-state index in [0.29, 0.717) is 51.1 Å². The third-order valence-corrected chi connectivity index (χ3v) is 23.2. The van der Waals surface area contributed by atoms with Crippen molar-refractivity contribution in [1.82, 2.24) is 60.5 Å². The van der Waals surface area contributed by atoms with E-state index in [-0.39, 0.29) is 101 Å². The Bertz CT molecular complexity index is 2910. The van der Waals surface area contributed by atoms with Gasteiger partial charge in [-0.15, -0.1) is 11.6 Å². The number of hydrogen-bond donors (Lipinski definition) is 4. The summed E-state index contributed by atoms with van der Waals surface area (Å²) in [6.07, 6.45) is 2.46. The Morgan fingerprint density at radius 1 is 0.618 bits per heavy atom. The normalized spacial score (nSPS) is 30.6. The van der Waals surface area contributed by atoms with Crippen LogP contribution < -0.4 is 21.3 Å². The molecule has 12 amide bonds. The second kappa shape index (κ2) is 38.6. The summed E-state index contributed by atoms with van der Waals surface area (Å²) < 4.78 is 42.0. The van der Waals surface area contributed by atoms with Gasteiger partial charge in [0.1, 0.15) is 59.9 Å². The number of carbonyl (C=O) groups excluding carboxylic acids is 12. The zero-order chi connectivity index (χ0) is 76.6. The molecule has 4 N–H and O–H groups in total. The van der Waals surface area contributed by atoms with Crippen molar-refractivity contribution in [3.05, 3.63) is 0 Å². The van der Waals surface area contributed by atoms with Crippen LogP contribution in [0.2, 0.25) is 0 Å². The quantitative estimate of drug-likeness (QED) is 0.111. The summed E-state index contributed by atoms with van der Waals surface area (Å²) in [5, 5.41) is 10.2. The van der Waals surface area contributed by atoms with E-state index in [1.807, 2.05) is 41.5 Å². The number of nitrogens with one attached hydrogen (secondary N) is 4. The molecule has 0 bridgehead atoms. The maximum absolute atomic E-state index is 15.2. The van der Waals surface area contributed by atoms with Crippen molar-refractivity contribution < 1.29 is 70.7 Å². The number of hydrogen-bond acceptors (Lipinski definition) is 12. The number of alkyl halides is 4. The Kier molecular flexibility index (Phi) is 32.7. The van der Waals surface area contributed by atoms with E-state index in [4.69, 9.17) is 11.6 Å². The number of nitrogens with zero attached hydrogens (tertiary/aromatic N) is 8. The van der Waals surface area contributed by atoms with Gasteiger partial charge in [0.15, 0.2) is 0 Å². The molecule has 2 saturated carbocycles. The van der Waals surface area contributed by atoms with E-state index < -0.39 is 167 Å². The van der Waals surface area contributed by atoms with Crippen LogP contribution in [-0.2, 0) is 57.5 Å². The number of halogens is 4. The molecule has 13 atom stereocenters. The van der Waals surface area contributed by atoms with Gasteiger partial charge in [0.05, 0.1) is 18.9 Å². The highest BCUT2D eigenvalue weighted by Crippen LogP contribution is 2.44. The van der Waals surface area contributed by atoms with Crippen LogP contribution in [0.25, 0.3) is 0 Å². The molecule has 3 aliphatic heterocycles. The second-order valence-electron chi connectivity index (χ2n) is 31.6. The Morgan fingerprint density at radius 3 is 1.78 bits per heavy atom. The van der Waals surface area contributed by atoms with Crippen LogP contribution in [0.4, 0.5) is 13.2 Å². The van der Waals surface area contributed by atoms with Gasteiger partial charge >= 0.3 is 6.18 Å². The summed E-state index contributed by atoms with van der Waals surface area (Å²) in [5.74, 6) is -10.5.